The van der Waals surface area contributed by atoms with Gasteiger partial charge in [0.1, 0.15) is 5.82 Å². The molecular weight excluding hydrogens is 297 g/mol. The smallest absolute Gasteiger partial charge is 0.223 e. The van der Waals surface area contributed by atoms with E-state index in [4.69, 9.17) is 0 Å². The van der Waals surface area contributed by atoms with Crippen molar-refractivity contribution in [3.8, 4) is 0 Å². The zero-order valence-corrected chi connectivity index (χ0v) is 13.3. The van der Waals surface area contributed by atoms with Crippen LogP contribution in [0.25, 0.3) is 0 Å². The van der Waals surface area contributed by atoms with Crippen molar-refractivity contribution in [2.45, 2.75) is 38.1 Å². The van der Waals surface area contributed by atoms with E-state index in [1.807, 2.05) is 17.0 Å². The van der Waals surface area contributed by atoms with Gasteiger partial charge in [0.25, 0.3) is 0 Å². The first-order valence-electron chi connectivity index (χ1n) is 7.79. The van der Waals surface area contributed by atoms with E-state index in [0.717, 1.165) is 25.8 Å². The number of rotatable bonds is 7. The van der Waals surface area contributed by atoms with E-state index >= 15 is 0 Å². The summed E-state index contributed by atoms with van der Waals surface area (Å²) in [7, 11) is 0. The van der Waals surface area contributed by atoms with Gasteiger partial charge in [-0.15, -0.1) is 11.3 Å². The zero-order valence-electron chi connectivity index (χ0n) is 12.5. The number of aryl methyl sites for hydroxylation is 1. The Labute approximate surface area is 134 Å². The molecule has 0 atom stereocenters. The summed E-state index contributed by atoms with van der Waals surface area (Å²) < 4.78 is 13.6. The van der Waals surface area contributed by atoms with Gasteiger partial charge in [0, 0.05) is 23.9 Å². The number of hydrogen-bond donors (Lipinski definition) is 0. The highest BCUT2D eigenvalue weighted by molar-refractivity contribution is 7.09. The number of nitrogens with zero attached hydrogens (tertiary/aromatic N) is 1. The first kappa shape index (κ1) is 15.2. The van der Waals surface area contributed by atoms with Crippen LogP contribution in [-0.4, -0.2) is 23.4 Å². The quantitative estimate of drug-likeness (QED) is 0.754. The molecule has 1 aliphatic rings. The van der Waals surface area contributed by atoms with Crippen LogP contribution in [0.3, 0.4) is 0 Å². The van der Waals surface area contributed by atoms with E-state index in [1.165, 1.54) is 10.9 Å². The van der Waals surface area contributed by atoms with Crippen molar-refractivity contribution in [3.05, 3.63) is 58.0 Å². The number of hydrogen-bond acceptors (Lipinski definition) is 2. The molecule has 0 bridgehead atoms. The van der Waals surface area contributed by atoms with E-state index < -0.39 is 0 Å². The molecule has 1 amide bonds. The topological polar surface area (TPSA) is 20.3 Å². The molecule has 0 spiro atoms. The first-order chi connectivity index (χ1) is 10.7. The lowest BCUT2D eigenvalue weighted by molar-refractivity contribution is -0.131. The maximum Gasteiger partial charge on any atom is 0.223 e. The Morgan fingerprint density at radius 3 is 2.68 bits per heavy atom. The molecule has 1 aromatic heterocycles. The van der Waals surface area contributed by atoms with Gasteiger partial charge >= 0.3 is 0 Å². The molecule has 1 saturated carbocycles. The summed E-state index contributed by atoms with van der Waals surface area (Å²) in [5.41, 5.74) is 0.629. The lowest BCUT2D eigenvalue weighted by Crippen LogP contribution is -2.35. The molecule has 3 rings (SSSR count). The fraction of sp³-hybridized carbons (Fsp3) is 0.389. The lowest BCUT2D eigenvalue weighted by atomic mass is 10.1. The molecule has 4 heteroatoms. The van der Waals surface area contributed by atoms with E-state index in [2.05, 4.69) is 11.4 Å². The predicted molar refractivity (Wildman–Crippen MR) is 87.5 cm³/mol. The van der Waals surface area contributed by atoms with Crippen LogP contribution in [0.15, 0.2) is 41.8 Å². The van der Waals surface area contributed by atoms with Gasteiger partial charge < -0.3 is 4.90 Å². The number of amides is 1. The van der Waals surface area contributed by atoms with Crippen molar-refractivity contribution in [1.29, 1.82) is 0 Å². The second-order valence-electron chi connectivity index (χ2n) is 5.74. The van der Waals surface area contributed by atoms with Gasteiger partial charge in [-0.25, -0.2) is 4.39 Å². The number of thiophene rings is 1. The number of halogens is 1. The third-order valence-corrected chi connectivity index (χ3v) is 4.99. The summed E-state index contributed by atoms with van der Waals surface area (Å²) in [6.07, 6.45) is 4.00. The molecule has 0 aliphatic heterocycles. The van der Waals surface area contributed by atoms with E-state index in [0.29, 0.717) is 24.4 Å². The molecule has 0 N–H and O–H groups in total. The molecule has 0 unspecified atom stereocenters. The molecule has 116 valence electrons. The SMILES string of the molecule is O=C(CCc1ccccc1F)N(CCc1cccs1)C1CC1. The Bertz CT molecular complexity index is 622. The summed E-state index contributed by atoms with van der Waals surface area (Å²) in [4.78, 5) is 15.8. The maximum absolute atomic E-state index is 13.6. The van der Waals surface area contributed by atoms with Crippen LogP contribution in [0.1, 0.15) is 29.7 Å². The molecular formula is C18H20FNOS. The van der Waals surface area contributed by atoms with Crippen molar-refractivity contribution >= 4 is 17.2 Å². The van der Waals surface area contributed by atoms with Gasteiger partial charge in [0.05, 0.1) is 0 Å². The average molecular weight is 317 g/mol. The van der Waals surface area contributed by atoms with Gasteiger partial charge in [-0.05, 0) is 48.8 Å². The maximum atomic E-state index is 13.6. The van der Waals surface area contributed by atoms with Crippen LogP contribution < -0.4 is 0 Å². The van der Waals surface area contributed by atoms with Crippen molar-refractivity contribution < 1.29 is 9.18 Å². The Hall–Kier alpha value is -1.68. The lowest BCUT2D eigenvalue weighted by Gasteiger charge is -2.22. The summed E-state index contributed by atoms with van der Waals surface area (Å²) in [5.74, 6) is -0.0610. The van der Waals surface area contributed by atoms with E-state index in [-0.39, 0.29) is 11.7 Å². The summed E-state index contributed by atoms with van der Waals surface area (Å²) in [6, 6.07) is 11.3. The molecule has 2 aromatic rings. The molecule has 2 nitrogen and oxygen atoms in total. The third-order valence-electron chi connectivity index (χ3n) is 4.05. The Balaban J connectivity index is 1.55. The fourth-order valence-electron chi connectivity index (χ4n) is 2.67. The normalized spacial score (nSPS) is 14.0. The van der Waals surface area contributed by atoms with Crippen LogP contribution in [0, 0.1) is 5.82 Å². The standard InChI is InChI=1S/C18H20FNOS/c19-17-6-2-1-4-14(17)7-10-18(21)20(15-8-9-15)12-11-16-5-3-13-22-16/h1-6,13,15H,7-12H2. The van der Waals surface area contributed by atoms with Crippen LogP contribution in [-0.2, 0) is 17.6 Å². The molecule has 1 heterocycles. The van der Waals surface area contributed by atoms with Gasteiger partial charge in [-0.2, -0.15) is 0 Å². The van der Waals surface area contributed by atoms with Gasteiger partial charge in [0.2, 0.25) is 5.91 Å². The molecule has 0 radical (unpaired) electrons. The van der Waals surface area contributed by atoms with Gasteiger partial charge in [-0.1, -0.05) is 24.3 Å². The average Bonchev–Trinajstić information content (AvgIpc) is 3.22. The van der Waals surface area contributed by atoms with Gasteiger partial charge in [0.15, 0.2) is 0 Å². The first-order valence-corrected chi connectivity index (χ1v) is 8.67. The van der Waals surface area contributed by atoms with Crippen molar-refractivity contribution in [1.82, 2.24) is 4.90 Å². The number of benzene rings is 1. The zero-order chi connectivity index (χ0) is 15.4. The van der Waals surface area contributed by atoms with E-state index in [9.17, 15) is 9.18 Å². The number of carbonyl (C=O) groups is 1. The molecule has 22 heavy (non-hydrogen) atoms. The second kappa shape index (κ2) is 7.05. The van der Waals surface area contributed by atoms with Crippen LogP contribution in [0.5, 0.6) is 0 Å². The minimum atomic E-state index is -0.216. The largest absolute Gasteiger partial charge is 0.339 e. The van der Waals surface area contributed by atoms with Crippen molar-refractivity contribution in [2.75, 3.05) is 6.54 Å². The molecule has 1 aromatic carbocycles. The van der Waals surface area contributed by atoms with Crippen molar-refractivity contribution in [3.63, 3.8) is 0 Å². The molecule has 0 saturated heterocycles. The van der Waals surface area contributed by atoms with Crippen LogP contribution in [0.4, 0.5) is 4.39 Å². The fourth-order valence-corrected chi connectivity index (χ4v) is 3.37. The van der Waals surface area contributed by atoms with E-state index in [1.54, 1.807) is 23.5 Å². The molecule has 1 fully saturated rings. The second-order valence-corrected chi connectivity index (χ2v) is 6.77. The van der Waals surface area contributed by atoms with Crippen molar-refractivity contribution in [2.24, 2.45) is 0 Å². The van der Waals surface area contributed by atoms with Gasteiger partial charge in [-0.3, -0.25) is 4.79 Å². The van der Waals surface area contributed by atoms with Crippen LogP contribution in [0.2, 0.25) is 0 Å². The highest BCUT2D eigenvalue weighted by Gasteiger charge is 2.31. The highest BCUT2D eigenvalue weighted by atomic mass is 32.1. The number of carbonyl (C=O) groups excluding carboxylic acids is 1. The Kier molecular flexibility index (Phi) is 4.88. The summed E-state index contributed by atoms with van der Waals surface area (Å²) in [6.45, 7) is 0.779. The highest BCUT2D eigenvalue weighted by Crippen LogP contribution is 2.28. The predicted octanol–water partition coefficient (Wildman–Crippen LogP) is 4.05. The Morgan fingerprint density at radius 1 is 1.18 bits per heavy atom. The summed E-state index contributed by atoms with van der Waals surface area (Å²) >= 11 is 1.73. The minimum Gasteiger partial charge on any atom is -0.339 e. The minimum absolute atomic E-state index is 0.155. The summed E-state index contributed by atoms with van der Waals surface area (Å²) in [5, 5.41) is 2.07. The molecule has 1 aliphatic carbocycles. The van der Waals surface area contributed by atoms with Crippen LogP contribution >= 0.6 is 11.3 Å². The third kappa shape index (κ3) is 3.95. The monoisotopic (exact) mass is 317 g/mol. The Morgan fingerprint density at radius 2 is 2.00 bits per heavy atom.